The highest BCUT2D eigenvalue weighted by atomic mass is 35.5. The SMILES string of the molecule is CCC(C)(C/C=C/c1ccc(SC)s1)c1cc(Cl)ccc1NC. The van der Waals surface area contributed by atoms with Gasteiger partial charge in [0.05, 0.1) is 4.21 Å². The molecule has 124 valence electrons. The Morgan fingerprint density at radius 2 is 2.09 bits per heavy atom. The average molecular weight is 366 g/mol. The maximum atomic E-state index is 6.24. The number of halogens is 1. The zero-order valence-electron chi connectivity index (χ0n) is 14.2. The summed E-state index contributed by atoms with van der Waals surface area (Å²) in [7, 11) is 1.97. The van der Waals surface area contributed by atoms with E-state index in [0.717, 1.165) is 23.6 Å². The van der Waals surface area contributed by atoms with Crippen LogP contribution in [-0.2, 0) is 5.41 Å². The minimum atomic E-state index is 0.0688. The topological polar surface area (TPSA) is 12.0 Å². The highest BCUT2D eigenvalue weighted by Gasteiger charge is 2.26. The van der Waals surface area contributed by atoms with E-state index in [4.69, 9.17) is 11.6 Å². The monoisotopic (exact) mass is 365 g/mol. The third-order valence-corrected chi connectivity index (χ3v) is 6.70. The van der Waals surface area contributed by atoms with Crippen LogP contribution in [0.5, 0.6) is 0 Å². The third-order valence-electron chi connectivity index (χ3n) is 4.34. The van der Waals surface area contributed by atoms with Crippen molar-refractivity contribution in [3.63, 3.8) is 0 Å². The highest BCUT2D eigenvalue weighted by Crippen LogP contribution is 2.38. The minimum absolute atomic E-state index is 0.0688. The summed E-state index contributed by atoms with van der Waals surface area (Å²) in [5.74, 6) is 0. The van der Waals surface area contributed by atoms with Crippen molar-refractivity contribution in [2.24, 2.45) is 0 Å². The molecule has 4 heteroatoms. The van der Waals surface area contributed by atoms with Crippen LogP contribution >= 0.6 is 34.7 Å². The largest absolute Gasteiger partial charge is 0.388 e. The van der Waals surface area contributed by atoms with Crippen LogP contribution in [-0.4, -0.2) is 13.3 Å². The highest BCUT2D eigenvalue weighted by molar-refractivity contribution is 8.00. The van der Waals surface area contributed by atoms with Gasteiger partial charge in [0.1, 0.15) is 0 Å². The van der Waals surface area contributed by atoms with E-state index in [-0.39, 0.29) is 5.41 Å². The fourth-order valence-electron chi connectivity index (χ4n) is 2.65. The van der Waals surface area contributed by atoms with Gasteiger partial charge < -0.3 is 5.32 Å². The molecule has 0 fully saturated rings. The number of benzene rings is 1. The van der Waals surface area contributed by atoms with Gasteiger partial charge in [0.2, 0.25) is 0 Å². The van der Waals surface area contributed by atoms with Gasteiger partial charge in [0.25, 0.3) is 0 Å². The van der Waals surface area contributed by atoms with Gasteiger partial charge in [-0.15, -0.1) is 23.1 Å². The number of anilines is 1. The van der Waals surface area contributed by atoms with Crippen molar-refractivity contribution in [2.75, 3.05) is 18.6 Å². The fraction of sp³-hybridized carbons (Fsp3) is 0.368. The van der Waals surface area contributed by atoms with Gasteiger partial charge in [-0.2, -0.15) is 0 Å². The van der Waals surface area contributed by atoms with E-state index in [1.165, 1.54) is 14.6 Å². The summed E-state index contributed by atoms with van der Waals surface area (Å²) in [4.78, 5) is 1.31. The normalized spacial score (nSPS) is 14.1. The molecule has 1 atom stereocenters. The van der Waals surface area contributed by atoms with Crippen LogP contribution in [0, 0.1) is 0 Å². The van der Waals surface area contributed by atoms with Gasteiger partial charge in [-0.25, -0.2) is 0 Å². The standard InChI is InChI=1S/C19H24ClNS2/c1-5-19(2,16-13-14(20)8-10-17(16)21-3)12-6-7-15-9-11-18(22-4)23-15/h6-11,13,21H,5,12H2,1-4H3/b7-6+. The Balaban J connectivity index is 2.21. The molecular weight excluding hydrogens is 342 g/mol. The van der Waals surface area contributed by atoms with Crippen LogP contribution in [0.2, 0.25) is 5.02 Å². The minimum Gasteiger partial charge on any atom is -0.388 e. The number of allylic oxidation sites excluding steroid dienone is 1. The molecular formula is C19H24ClNS2. The van der Waals surface area contributed by atoms with Crippen LogP contribution in [0.1, 0.15) is 37.1 Å². The van der Waals surface area contributed by atoms with E-state index in [1.54, 1.807) is 11.8 Å². The van der Waals surface area contributed by atoms with Gasteiger partial charge in [-0.05, 0) is 66.5 Å². The lowest BCUT2D eigenvalue weighted by atomic mass is 9.76. The van der Waals surface area contributed by atoms with Crippen molar-refractivity contribution in [3.8, 4) is 0 Å². The Morgan fingerprint density at radius 1 is 1.30 bits per heavy atom. The number of thiophene rings is 1. The molecule has 0 spiro atoms. The molecule has 0 saturated carbocycles. The van der Waals surface area contributed by atoms with Gasteiger partial charge >= 0.3 is 0 Å². The number of thioether (sulfide) groups is 1. The maximum absolute atomic E-state index is 6.24. The maximum Gasteiger partial charge on any atom is 0.0602 e. The molecule has 0 aliphatic carbocycles. The molecule has 1 unspecified atom stereocenters. The van der Waals surface area contributed by atoms with Gasteiger partial charge in [-0.3, -0.25) is 0 Å². The van der Waals surface area contributed by atoms with Crippen LogP contribution in [0.3, 0.4) is 0 Å². The molecule has 0 radical (unpaired) electrons. The summed E-state index contributed by atoms with van der Waals surface area (Å²) in [5, 5.41) is 4.10. The molecule has 1 nitrogen and oxygen atoms in total. The van der Waals surface area contributed by atoms with Crippen molar-refractivity contribution in [1.29, 1.82) is 0 Å². The number of rotatable bonds is 7. The van der Waals surface area contributed by atoms with Crippen molar-refractivity contribution < 1.29 is 0 Å². The van der Waals surface area contributed by atoms with Crippen LogP contribution < -0.4 is 5.32 Å². The zero-order chi connectivity index (χ0) is 16.9. The molecule has 2 aromatic rings. The molecule has 0 saturated heterocycles. The first-order valence-corrected chi connectivity index (χ1v) is 10.2. The van der Waals surface area contributed by atoms with Gasteiger partial charge in [-0.1, -0.05) is 31.5 Å². The summed E-state index contributed by atoms with van der Waals surface area (Å²) < 4.78 is 1.36. The molecule has 1 aromatic carbocycles. The predicted octanol–water partition coefficient (Wildman–Crippen LogP) is 6.94. The summed E-state index contributed by atoms with van der Waals surface area (Å²) in [5.41, 5.74) is 2.52. The Hall–Kier alpha value is -0.900. The molecule has 23 heavy (non-hydrogen) atoms. The second kappa shape index (κ2) is 8.27. The summed E-state index contributed by atoms with van der Waals surface area (Å²) in [6.07, 6.45) is 8.70. The number of hydrogen-bond acceptors (Lipinski definition) is 3. The first-order chi connectivity index (χ1) is 11.0. The lowest BCUT2D eigenvalue weighted by molar-refractivity contribution is 0.463. The molecule has 2 rings (SSSR count). The van der Waals surface area contributed by atoms with E-state index in [9.17, 15) is 0 Å². The van der Waals surface area contributed by atoms with Crippen LogP contribution in [0.4, 0.5) is 5.69 Å². The second-order valence-corrected chi connectivity index (χ2v) is 8.48. The van der Waals surface area contributed by atoms with Crippen molar-refractivity contribution in [2.45, 2.75) is 36.3 Å². The molecule has 0 aliphatic heterocycles. The molecule has 1 N–H and O–H groups in total. The van der Waals surface area contributed by atoms with Crippen LogP contribution in [0.25, 0.3) is 6.08 Å². The Bertz CT molecular complexity index is 678. The van der Waals surface area contributed by atoms with Gasteiger partial charge in [0, 0.05) is 22.6 Å². The third kappa shape index (κ3) is 4.56. The number of nitrogens with one attached hydrogen (secondary N) is 1. The van der Waals surface area contributed by atoms with E-state index in [1.807, 2.05) is 24.5 Å². The van der Waals surface area contributed by atoms with Crippen LogP contribution in [0.15, 0.2) is 40.6 Å². The Kier molecular flexibility index (Phi) is 6.63. The van der Waals surface area contributed by atoms with E-state index in [0.29, 0.717) is 0 Å². The molecule has 0 bridgehead atoms. The fourth-order valence-corrected chi connectivity index (χ4v) is 4.31. The zero-order valence-corrected chi connectivity index (χ0v) is 16.5. The molecule has 1 aromatic heterocycles. The van der Waals surface area contributed by atoms with Gasteiger partial charge in [0.15, 0.2) is 0 Å². The Labute approximate surface area is 153 Å². The molecule has 0 aliphatic rings. The quantitative estimate of drug-likeness (QED) is 0.533. The van der Waals surface area contributed by atoms with E-state index < -0.39 is 0 Å². The number of hydrogen-bond donors (Lipinski definition) is 1. The Morgan fingerprint density at radius 3 is 2.70 bits per heavy atom. The van der Waals surface area contributed by atoms with E-state index in [2.05, 4.69) is 61.8 Å². The predicted molar refractivity (Wildman–Crippen MR) is 108 cm³/mol. The average Bonchev–Trinajstić information content (AvgIpc) is 3.02. The summed E-state index contributed by atoms with van der Waals surface area (Å²) >= 11 is 9.88. The second-order valence-electron chi connectivity index (χ2n) is 5.82. The van der Waals surface area contributed by atoms with Crippen molar-refractivity contribution >= 4 is 46.5 Å². The summed E-state index contributed by atoms with van der Waals surface area (Å²) in [6.45, 7) is 4.55. The lowest BCUT2D eigenvalue weighted by Crippen LogP contribution is -2.21. The van der Waals surface area contributed by atoms with Crippen molar-refractivity contribution in [1.82, 2.24) is 0 Å². The summed E-state index contributed by atoms with van der Waals surface area (Å²) in [6, 6.07) is 10.5. The lowest BCUT2D eigenvalue weighted by Gasteiger charge is -2.30. The van der Waals surface area contributed by atoms with Crippen molar-refractivity contribution in [3.05, 3.63) is 51.9 Å². The smallest absolute Gasteiger partial charge is 0.0602 e. The first-order valence-electron chi connectivity index (χ1n) is 7.80. The molecule has 1 heterocycles. The molecule has 0 amide bonds. The first kappa shape index (κ1) is 18.4. The van der Waals surface area contributed by atoms with E-state index >= 15 is 0 Å².